The van der Waals surface area contributed by atoms with Crippen molar-refractivity contribution in [2.24, 2.45) is 0 Å². The summed E-state index contributed by atoms with van der Waals surface area (Å²) in [6, 6.07) is 19.3. The van der Waals surface area contributed by atoms with Gasteiger partial charge >= 0.3 is 0 Å². The van der Waals surface area contributed by atoms with Crippen LogP contribution in [-0.4, -0.2) is 10.9 Å². The molecular formula is C25H28N2O2. The quantitative estimate of drug-likeness (QED) is 0.502. The SMILES string of the molecule is CCCc1ccc(Oc2ccc(NC(=O)c3ccc(C(C)C)nc3C)cc2)cc1. The molecule has 3 aromatic rings. The summed E-state index contributed by atoms with van der Waals surface area (Å²) in [5.74, 6) is 1.70. The van der Waals surface area contributed by atoms with Gasteiger partial charge in [-0.3, -0.25) is 9.78 Å². The lowest BCUT2D eigenvalue weighted by molar-refractivity contribution is 0.102. The monoisotopic (exact) mass is 388 g/mol. The maximum atomic E-state index is 12.6. The minimum atomic E-state index is -0.162. The van der Waals surface area contributed by atoms with E-state index in [2.05, 4.69) is 43.2 Å². The number of nitrogens with one attached hydrogen (secondary N) is 1. The number of hydrogen-bond donors (Lipinski definition) is 1. The molecule has 0 aliphatic rings. The van der Waals surface area contributed by atoms with Crippen LogP contribution in [0.1, 0.15) is 60.4 Å². The standard InChI is InChI=1S/C25H28N2O2/c1-5-6-19-7-11-21(12-8-19)29-22-13-9-20(10-14-22)27-25(28)23-15-16-24(17(2)3)26-18(23)4/h7-17H,5-6H2,1-4H3,(H,27,28). The number of pyridine rings is 1. The van der Waals surface area contributed by atoms with E-state index < -0.39 is 0 Å². The molecule has 0 unspecified atom stereocenters. The maximum absolute atomic E-state index is 12.6. The molecular weight excluding hydrogens is 360 g/mol. The third-order valence-corrected chi connectivity index (χ3v) is 4.75. The van der Waals surface area contributed by atoms with E-state index in [-0.39, 0.29) is 5.91 Å². The van der Waals surface area contributed by atoms with E-state index in [1.165, 1.54) is 5.56 Å². The molecule has 0 atom stereocenters. The predicted molar refractivity (Wildman–Crippen MR) is 118 cm³/mol. The summed E-state index contributed by atoms with van der Waals surface area (Å²) in [6.07, 6.45) is 2.20. The van der Waals surface area contributed by atoms with Crippen molar-refractivity contribution in [3.8, 4) is 11.5 Å². The van der Waals surface area contributed by atoms with Crippen LogP contribution in [0.25, 0.3) is 0 Å². The highest BCUT2D eigenvalue weighted by atomic mass is 16.5. The van der Waals surface area contributed by atoms with Crippen molar-refractivity contribution in [1.82, 2.24) is 4.98 Å². The van der Waals surface area contributed by atoms with E-state index in [0.717, 1.165) is 35.7 Å². The molecule has 0 aliphatic heterocycles. The van der Waals surface area contributed by atoms with Crippen LogP contribution in [-0.2, 0) is 6.42 Å². The number of amides is 1. The fraction of sp³-hybridized carbons (Fsp3) is 0.280. The summed E-state index contributed by atoms with van der Waals surface area (Å²) in [5.41, 5.74) is 4.34. The Hall–Kier alpha value is -3.14. The second-order valence-electron chi connectivity index (χ2n) is 7.50. The third kappa shape index (κ3) is 5.44. The summed E-state index contributed by atoms with van der Waals surface area (Å²) in [7, 11) is 0. The second kappa shape index (κ2) is 9.37. The zero-order valence-corrected chi connectivity index (χ0v) is 17.5. The van der Waals surface area contributed by atoms with E-state index in [9.17, 15) is 4.79 Å². The highest BCUT2D eigenvalue weighted by Crippen LogP contribution is 2.24. The fourth-order valence-corrected chi connectivity index (χ4v) is 3.10. The van der Waals surface area contributed by atoms with Crippen LogP contribution in [0.3, 0.4) is 0 Å². The van der Waals surface area contributed by atoms with Gasteiger partial charge in [0.1, 0.15) is 11.5 Å². The molecule has 0 fully saturated rings. The number of aryl methyl sites for hydroxylation is 2. The molecule has 2 aromatic carbocycles. The summed E-state index contributed by atoms with van der Waals surface area (Å²) in [5, 5.41) is 2.93. The van der Waals surface area contributed by atoms with Crippen molar-refractivity contribution >= 4 is 11.6 Å². The van der Waals surface area contributed by atoms with E-state index in [0.29, 0.717) is 17.2 Å². The third-order valence-electron chi connectivity index (χ3n) is 4.75. The Morgan fingerprint density at radius 2 is 1.59 bits per heavy atom. The number of benzene rings is 2. The van der Waals surface area contributed by atoms with Crippen molar-refractivity contribution in [1.29, 1.82) is 0 Å². The maximum Gasteiger partial charge on any atom is 0.257 e. The van der Waals surface area contributed by atoms with Crippen LogP contribution in [0, 0.1) is 6.92 Å². The van der Waals surface area contributed by atoms with Gasteiger partial charge in [0.05, 0.1) is 11.3 Å². The van der Waals surface area contributed by atoms with Crippen molar-refractivity contribution < 1.29 is 9.53 Å². The Morgan fingerprint density at radius 1 is 0.966 bits per heavy atom. The van der Waals surface area contributed by atoms with Gasteiger partial charge in [-0.15, -0.1) is 0 Å². The average Bonchev–Trinajstić information content (AvgIpc) is 2.71. The Labute approximate surface area is 173 Å². The highest BCUT2D eigenvalue weighted by Gasteiger charge is 2.12. The van der Waals surface area contributed by atoms with Gasteiger partial charge < -0.3 is 10.1 Å². The van der Waals surface area contributed by atoms with Gasteiger partial charge in [-0.2, -0.15) is 0 Å². The van der Waals surface area contributed by atoms with Gasteiger partial charge in [0.2, 0.25) is 0 Å². The molecule has 0 spiro atoms. The Balaban J connectivity index is 1.63. The van der Waals surface area contributed by atoms with Crippen LogP contribution in [0.15, 0.2) is 60.7 Å². The lowest BCUT2D eigenvalue weighted by atomic mass is 10.1. The van der Waals surface area contributed by atoms with Gasteiger partial charge in [-0.25, -0.2) is 0 Å². The average molecular weight is 389 g/mol. The number of aromatic nitrogens is 1. The van der Waals surface area contributed by atoms with Crippen LogP contribution in [0.5, 0.6) is 11.5 Å². The molecule has 0 radical (unpaired) electrons. The second-order valence-corrected chi connectivity index (χ2v) is 7.50. The molecule has 1 heterocycles. The smallest absolute Gasteiger partial charge is 0.257 e. The number of nitrogens with zero attached hydrogens (tertiary/aromatic N) is 1. The highest BCUT2D eigenvalue weighted by molar-refractivity contribution is 6.05. The lowest BCUT2D eigenvalue weighted by Crippen LogP contribution is -2.14. The minimum Gasteiger partial charge on any atom is -0.457 e. The molecule has 3 rings (SSSR count). The van der Waals surface area contributed by atoms with Crippen LogP contribution < -0.4 is 10.1 Å². The van der Waals surface area contributed by atoms with E-state index in [1.54, 1.807) is 0 Å². The minimum absolute atomic E-state index is 0.162. The van der Waals surface area contributed by atoms with Gasteiger partial charge in [0.25, 0.3) is 5.91 Å². The molecule has 1 aromatic heterocycles. The molecule has 0 bridgehead atoms. The summed E-state index contributed by atoms with van der Waals surface area (Å²) in [6.45, 7) is 8.21. The van der Waals surface area contributed by atoms with Crippen LogP contribution in [0.2, 0.25) is 0 Å². The van der Waals surface area contributed by atoms with Crippen molar-refractivity contribution in [2.75, 3.05) is 5.32 Å². The Bertz CT molecular complexity index is 961. The molecule has 29 heavy (non-hydrogen) atoms. The van der Waals surface area contributed by atoms with E-state index >= 15 is 0 Å². The first-order chi connectivity index (χ1) is 14.0. The first kappa shape index (κ1) is 20.6. The van der Waals surface area contributed by atoms with Gasteiger partial charge in [-0.1, -0.05) is 39.3 Å². The Morgan fingerprint density at radius 3 is 2.14 bits per heavy atom. The first-order valence-corrected chi connectivity index (χ1v) is 10.1. The molecule has 0 saturated heterocycles. The summed E-state index contributed by atoms with van der Waals surface area (Å²) >= 11 is 0. The normalized spacial score (nSPS) is 10.8. The van der Waals surface area contributed by atoms with Gasteiger partial charge in [-0.05, 0) is 73.4 Å². The molecule has 1 N–H and O–H groups in total. The Kier molecular flexibility index (Phi) is 6.65. The van der Waals surface area contributed by atoms with E-state index in [4.69, 9.17) is 4.74 Å². The summed E-state index contributed by atoms with van der Waals surface area (Å²) in [4.78, 5) is 17.1. The first-order valence-electron chi connectivity index (χ1n) is 10.1. The number of anilines is 1. The van der Waals surface area contributed by atoms with Crippen molar-refractivity contribution in [3.05, 3.63) is 83.2 Å². The van der Waals surface area contributed by atoms with Gasteiger partial charge in [0.15, 0.2) is 0 Å². The van der Waals surface area contributed by atoms with Crippen LogP contribution in [0.4, 0.5) is 5.69 Å². The van der Waals surface area contributed by atoms with E-state index in [1.807, 2.05) is 55.5 Å². The summed E-state index contributed by atoms with van der Waals surface area (Å²) < 4.78 is 5.89. The molecule has 4 heteroatoms. The van der Waals surface area contributed by atoms with Crippen molar-refractivity contribution in [2.45, 2.75) is 46.5 Å². The lowest BCUT2D eigenvalue weighted by Gasteiger charge is -2.11. The molecule has 0 saturated carbocycles. The number of carbonyl (C=O) groups excluding carboxylic acids is 1. The molecule has 4 nitrogen and oxygen atoms in total. The number of rotatable bonds is 7. The zero-order valence-electron chi connectivity index (χ0n) is 17.5. The number of hydrogen-bond acceptors (Lipinski definition) is 3. The molecule has 150 valence electrons. The van der Waals surface area contributed by atoms with Crippen molar-refractivity contribution in [3.63, 3.8) is 0 Å². The predicted octanol–water partition coefficient (Wildman–Crippen LogP) is 6.51. The van der Waals surface area contributed by atoms with Crippen LogP contribution >= 0.6 is 0 Å². The number of ether oxygens (including phenoxy) is 1. The zero-order chi connectivity index (χ0) is 20.8. The molecule has 0 aliphatic carbocycles. The largest absolute Gasteiger partial charge is 0.457 e. The topological polar surface area (TPSA) is 51.2 Å². The fourth-order valence-electron chi connectivity index (χ4n) is 3.10. The molecule has 1 amide bonds. The number of carbonyl (C=O) groups is 1. The van der Waals surface area contributed by atoms with Gasteiger partial charge in [0, 0.05) is 11.4 Å².